The molecule has 0 saturated heterocycles. The molecule has 0 aliphatic carbocycles. The highest BCUT2D eigenvalue weighted by Gasteiger charge is 2.32. The fraction of sp³-hybridized carbons (Fsp3) is 0.235. The number of methoxy groups -OCH3 is 1. The second-order valence-electron chi connectivity index (χ2n) is 5.71. The molecule has 1 atom stereocenters. The smallest absolute Gasteiger partial charge is 0.416 e. The third-order valence-corrected chi connectivity index (χ3v) is 5.45. The molecule has 6 nitrogen and oxygen atoms in total. The molecule has 0 bridgehead atoms. The van der Waals surface area contributed by atoms with Gasteiger partial charge in [-0.25, -0.2) is 8.42 Å². The van der Waals surface area contributed by atoms with Crippen LogP contribution >= 0.6 is 11.6 Å². The molecular formula is C17H16ClF3N2O4S. The van der Waals surface area contributed by atoms with Crippen LogP contribution in [0.4, 0.5) is 18.9 Å². The second kappa shape index (κ2) is 8.38. The maximum Gasteiger partial charge on any atom is 0.416 e. The summed E-state index contributed by atoms with van der Waals surface area (Å²) in [4.78, 5) is 11.6. The fourth-order valence-corrected chi connectivity index (χ4v) is 3.69. The van der Waals surface area contributed by atoms with Gasteiger partial charge in [-0.1, -0.05) is 17.7 Å². The number of hydrogen-bond acceptors (Lipinski definition) is 4. The lowest BCUT2D eigenvalue weighted by molar-refractivity contribution is -0.137. The highest BCUT2D eigenvalue weighted by Crippen LogP contribution is 2.30. The van der Waals surface area contributed by atoms with Gasteiger partial charge >= 0.3 is 6.18 Å². The number of nitrogens with one attached hydrogen (secondary N) is 2. The molecule has 0 aliphatic rings. The van der Waals surface area contributed by atoms with Crippen molar-refractivity contribution in [2.24, 2.45) is 0 Å². The minimum Gasteiger partial charge on any atom is -0.495 e. The van der Waals surface area contributed by atoms with E-state index in [0.29, 0.717) is 17.5 Å². The molecule has 28 heavy (non-hydrogen) atoms. The first-order valence-corrected chi connectivity index (χ1v) is 9.64. The Labute approximate surface area is 164 Å². The van der Waals surface area contributed by atoms with E-state index in [4.69, 9.17) is 16.3 Å². The van der Waals surface area contributed by atoms with Gasteiger partial charge in [-0.3, -0.25) is 4.79 Å². The number of rotatable bonds is 6. The number of carbonyl (C=O) groups excluding carboxylic acids is 1. The number of anilines is 1. The Hall–Kier alpha value is -2.30. The van der Waals surface area contributed by atoms with Crippen molar-refractivity contribution in [1.82, 2.24) is 4.72 Å². The first kappa shape index (κ1) is 22.0. The average molecular weight is 437 g/mol. The minimum absolute atomic E-state index is 0.234. The quantitative estimate of drug-likeness (QED) is 0.723. The monoisotopic (exact) mass is 436 g/mol. The van der Waals surface area contributed by atoms with E-state index in [0.717, 1.165) is 18.2 Å². The third kappa shape index (κ3) is 5.37. The van der Waals surface area contributed by atoms with Crippen LogP contribution < -0.4 is 14.8 Å². The van der Waals surface area contributed by atoms with Crippen LogP contribution in [0.15, 0.2) is 47.4 Å². The van der Waals surface area contributed by atoms with Crippen molar-refractivity contribution < 1.29 is 31.1 Å². The number of sulfonamides is 1. The van der Waals surface area contributed by atoms with Crippen molar-refractivity contribution in [2.75, 3.05) is 12.4 Å². The van der Waals surface area contributed by atoms with Gasteiger partial charge in [0.1, 0.15) is 5.75 Å². The Balaban J connectivity index is 2.13. The lowest BCUT2D eigenvalue weighted by atomic mass is 10.2. The topological polar surface area (TPSA) is 84.5 Å². The van der Waals surface area contributed by atoms with Crippen LogP contribution in [-0.4, -0.2) is 27.5 Å². The Morgan fingerprint density at radius 2 is 1.86 bits per heavy atom. The zero-order chi connectivity index (χ0) is 21.1. The molecule has 1 amide bonds. The molecule has 152 valence electrons. The van der Waals surface area contributed by atoms with Gasteiger partial charge in [0.05, 0.1) is 28.6 Å². The van der Waals surface area contributed by atoms with Crippen molar-refractivity contribution in [2.45, 2.75) is 24.0 Å². The molecule has 0 fully saturated rings. The van der Waals surface area contributed by atoms with Gasteiger partial charge in [-0.05, 0) is 43.3 Å². The van der Waals surface area contributed by atoms with Crippen LogP contribution in [0.2, 0.25) is 5.02 Å². The summed E-state index contributed by atoms with van der Waals surface area (Å²) >= 11 is 5.95. The van der Waals surface area contributed by atoms with Gasteiger partial charge in [-0.2, -0.15) is 17.9 Å². The van der Waals surface area contributed by atoms with E-state index in [1.807, 2.05) is 4.72 Å². The largest absolute Gasteiger partial charge is 0.495 e. The van der Waals surface area contributed by atoms with Crippen LogP contribution in [0.25, 0.3) is 0 Å². The molecule has 0 aliphatic heterocycles. The predicted molar refractivity (Wildman–Crippen MR) is 97.9 cm³/mol. The summed E-state index contributed by atoms with van der Waals surface area (Å²) in [5.74, 6) is -0.338. The van der Waals surface area contributed by atoms with Gasteiger partial charge in [0.2, 0.25) is 15.9 Å². The number of hydrogen-bond donors (Lipinski definition) is 2. The van der Waals surface area contributed by atoms with Crippen molar-refractivity contribution >= 4 is 33.2 Å². The van der Waals surface area contributed by atoms with E-state index in [9.17, 15) is 26.4 Å². The van der Waals surface area contributed by atoms with E-state index in [2.05, 4.69) is 5.32 Å². The van der Waals surface area contributed by atoms with E-state index in [1.54, 1.807) is 0 Å². The number of alkyl halides is 3. The molecule has 1 unspecified atom stereocenters. The maximum absolute atomic E-state index is 12.8. The van der Waals surface area contributed by atoms with Crippen molar-refractivity contribution in [3.8, 4) is 5.75 Å². The van der Waals surface area contributed by atoms with Crippen molar-refractivity contribution in [3.63, 3.8) is 0 Å². The van der Waals surface area contributed by atoms with Crippen LogP contribution in [0.3, 0.4) is 0 Å². The zero-order valence-corrected chi connectivity index (χ0v) is 16.2. The van der Waals surface area contributed by atoms with Crippen molar-refractivity contribution in [3.05, 3.63) is 53.1 Å². The van der Waals surface area contributed by atoms with Crippen LogP contribution in [-0.2, 0) is 21.0 Å². The number of ether oxygens (including phenoxy) is 1. The Kier molecular flexibility index (Phi) is 6.58. The Morgan fingerprint density at radius 1 is 1.18 bits per heavy atom. The van der Waals surface area contributed by atoms with Gasteiger partial charge in [0.15, 0.2) is 0 Å². The molecule has 0 aromatic heterocycles. The molecule has 11 heteroatoms. The first-order chi connectivity index (χ1) is 12.9. The molecule has 0 saturated carbocycles. The number of halogens is 4. The standard InChI is InChI=1S/C17H16ClF3N2O4S/c1-10(16(24)22-12-6-7-15(27-2)14(18)9-12)23-28(25,26)13-5-3-4-11(8-13)17(19,20)21/h3-10,23H,1-2H3,(H,22,24). The van der Waals surface area contributed by atoms with Gasteiger partial charge in [0, 0.05) is 5.69 Å². The van der Waals surface area contributed by atoms with Gasteiger partial charge < -0.3 is 10.1 Å². The van der Waals surface area contributed by atoms with Crippen molar-refractivity contribution in [1.29, 1.82) is 0 Å². The van der Waals surface area contributed by atoms with E-state index in [1.165, 1.54) is 32.2 Å². The molecular weight excluding hydrogens is 421 g/mol. The lowest BCUT2D eigenvalue weighted by Gasteiger charge is -2.16. The van der Waals surface area contributed by atoms with Crippen LogP contribution in [0.5, 0.6) is 5.75 Å². The lowest BCUT2D eigenvalue weighted by Crippen LogP contribution is -2.41. The highest BCUT2D eigenvalue weighted by atomic mass is 35.5. The first-order valence-electron chi connectivity index (χ1n) is 7.78. The van der Waals surface area contributed by atoms with E-state index in [-0.39, 0.29) is 5.02 Å². The summed E-state index contributed by atoms with van der Waals surface area (Å²) in [7, 11) is -2.93. The third-order valence-electron chi connectivity index (χ3n) is 3.62. The summed E-state index contributed by atoms with van der Waals surface area (Å²) in [5, 5.41) is 2.69. The Morgan fingerprint density at radius 3 is 2.43 bits per heavy atom. The zero-order valence-electron chi connectivity index (χ0n) is 14.7. The van der Waals surface area contributed by atoms with E-state index < -0.39 is 38.6 Å². The molecule has 0 radical (unpaired) electrons. The summed E-state index contributed by atoms with van der Waals surface area (Å²) in [6, 6.07) is 6.38. The molecule has 2 N–H and O–H groups in total. The molecule has 2 aromatic carbocycles. The normalized spacial score (nSPS) is 13.1. The summed E-state index contributed by atoms with van der Waals surface area (Å²) < 4.78 is 70.0. The van der Waals surface area contributed by atoms with Crippen LogP contribution in [0.1, 0.15) is 12.5 Å². The number of benzene rings is 2. The van der Waals surface area contributed by atoms with Crippen LogP contribution in [0, 0.1) is 0 Å². The SMILES string of the molecule is COc1ccc(NC(=O)C(C)NS(=O)(=O)c2cccc(C(F)(F)F)c2)cc1Cl. The summed E-state index contributed by atoms with van der Waals surface area (Å²) in [6.07, 6.45) is -4.69. The van der Waals surface area contributed by atoms with E-state index >= 15 is 0 Å². The molecule has 0 heterocycles. The number of amides is 1. The predicted octanol–water partition coefficient (Wildman–Crippen LogP) is 3.67. The molecule has 0 spiro atoms. The number of carbonyl (C=O) groups is 1. The average Bonchev–Trinajstić information content (AvgIpc) is 2.61. The highest BCUT2D eigenvalue weighted by molar-refractivity contribution is 7.89. The van der Waals surface area contributed by atoms with Gasteiger partial charge in [0.25, 0.3) is 0 Å². The minimum atomic E-state index is -4.69. The second-order valence-corrected chi connectivity index (χ2v) is 7.83. The fourth-order valence-electron chi connectivity index (χ4n) is 2.19. The van der Waals surface area contributed by atoms with Gasteiger partial charge in [-0.15, -0.1) is 0 Å². The summed E-state index contributed by atoms with van der Waals surface area (Å²) in [5.41, 5.74) is -0.818. The molecule has 2 aromatic rings. The summed E-state index contributed by atoms with van der Waals surface area (Å²) in [6.45, 7) is 1.26. The maximum atomic E-state index is 12.8. The molecule has 2 rings (SSSR count). The Bertz CT molecular complexity index is 981.